The van der Waals surface area contributed by atoms with Gasteiger partial charge in [-0.3, -0.25) is 4.79 Å². The van der Waals surface area contributed by atoms with Crippen molar-refractivity contribution in [3.8, 4) is 0 Å². The number of carboxylic acids is 1. The summed E-state index contributed by atoms with van der Waals surface area (Å²) in [5, 5.41) is 8.94. The van der Waals surface area contributed by atoms with Crippen LogP contribution in [0.3, 0.4) is 0 Å². The molecule has 0 aliphatic carbocycles. The van der Waals surface area contributed by atoms with E-state index in [1.807, 2.05) is 6.92 Å². The Kier molecular flexibility index (Phi) is 4.37. The van der Waals surface area contributed by atoms with Gasteiger partial charge in [-0.1, -0.05) is 17.7 Å². The van der Waals surface area contributed by atoms with E-state index in [-0.39, 0.29) is 4.90 Å². The second kappa shape index (κ2) is 5.30. The molecule has 0 aromatic heterocycles. The number of likely N-dealkylation sites (N-methyl/N-ethyl adjacent to an activating group) is 1. The first-order valence-corrected chi connectivity index (χ1v) is 7.31. The summed E-state index contributed by atoms with van der Waals surface area (Å²) in [7, 11) is -2.52. The first kappa shape index (κ1) is 15.7. The predicted octanol–water partition coefficient (Wildman–Crippen LogP) is 1.71. The molecule has 1 rings (SSSR count). The molecule has 0 fully saturated rings. The van der Waals surface area contributed by atoms with Crippen LogP contribution in [-0.4, -0.2) is 36.9 Å². The molecule has 1 aromatic carbocycles. The van der Waals surface area contributed by atoms with E-state index in [0.717, 1.165) is 9.87 Å². The van der Waals surface area contributed by atoms with Gasteiger partial charge >= 0.3 is 5.97 Å². The van der Waals surface area contributed by atoms with Crippen LogP contribution < -0.4 is 0 Å². The SMILES string of the molecule is Cc1cc(C)c(S(=O)(=O)N(C)C(C)C(=O)O)c(C)c1. The maximum atomic E-state index is 12.5. The highest BCUT2D eigenvalue weighted by atomic mass is 32.2. The van der Waals surface area contributed by atoms with Gasteiger partial charge in [0.25, 0.3) is 0 Å². The standard InChI is InChI=1S/C13H19NO4S/c1-8-6-9(2)12(10(3)7-8)19(17,18)14(5)11(4)13(15)16/h6-7,11H,1-5H3,(H,15,16). The van der Waals surface area contributed by atoms with Gasteiger partial charge in [-0.25, -0.2) is 8.42 Å². The number of hydrogen-bond acceptors (Lipinski definition) is 3. The third-order valence-electron chi connectivity index (χ3n) is 3.14. The first-order valence-electron chi connectivity index (χ1n) is 5.87. The lowest BCUT2D eigenvalue weighted by atomic mass is 10.1. The third-order valence-corrected chi connectivity index (χ3v) is 5.38. The van der Waals surface area contributed by atoms with Crippen LogP contribution >= 0.6 is 0 Å². The molecule has 0 radical (unpaired) electrons. The van der Waals surface area contributed by atoms with E-state index in [1.54, 1.807) is 26.0 Å². The van der Waals surface area contributed by atoms with Crippen LogP contribution in [0.5, 0.6) is 0 Å². The summed E-state index contributed by atoms with van der Waals surface area (Å²) in [4.78, 5) is 11.1. The molecular formula is C13H19NO4S. The maximum absolute atomic E-state index is 12.5. The van der Waals surface area contributed by atoms with Crippen LogP contribution in [-0.2, 0) is 14.8 Å². The smallest absolute Gasteiger partial charge is 0.321 e. The molecule has 0 amide bonds. The Morgan fingerprint density at radius 1 is 1.21 bits per heavy atom. The molecular weight excluding hydrogens is 266 g/mol. The Balaban J connectivity index is 3.40. The van der Waals surface area contributed by atoms with Crippen molar-refractivity contribution >= 4 is 16.0 Å². The largest absolute Gasteiger partial charge is 0.480 e. The first-order chi connectivity index (χ1) is 8.59. The normalized spacial score (nSPS) is 13.6. The van der Waals surface area contributed by atoms with Gasteiger partial charge in [0.1, 0.15) is 6.04 Å². The average Bonchev–Trinajstić information content (AvgIpc) is 2.24. The Bertz CT molecular complexity index is 584. The van der Waals surface area contributed by atoms with E-state index in [1.165, 1.54) is 14.0 Å². The number of rotatable bonds is 4. The van der Waals surface area contributed by atoms with Gasteiger partial charge in [-0.05, 0) is 38.8 Å². The van der Waals surface area contributed by atoms with E-state index < -0.39 is 22.0 Å². The Morgan fingerprint density at radius 3 is 2.00 bits per heavy atom. The second-order valence-corrected chi connectivity index (χ2v) is 6.70. The number of benzene rings is 1. The molecule has 6 heteroatoms. The molecule has 106 valence electrons. The third kappa shape index (κ3) is 2.96. The van der Waals surface area contributed by atoms with Crippen molar-refractivity contribution in [3.05, 3.63) is 28.8 Å². The van der Waals surface area contributed by atoms with E-state index in [2.05, 4.69) is 0 Å². The van der Waals surface area contributed by atoms with Gasteiger partial charge in [0, 0.05) is 7.05 Å². The topological polar surface area (TPSA) is 74.7 Å². The van der Waals surface area contributed by atoms with Gasteiger partial charge < -0.3 is 5.11 Å². The summed E-state index contributed by atoms with van der Waals surface area (Å²) in [6.45, 7) is 6.66. The summed E-state index contributed by atoms with van der Waals surface area (Å²) in [6.07, 6.45) is 0. The number of hydrogen-bond donors (Lipinski definition) is 1. The lowest BCUT2D eigenvalue weighted by Crippen LogP contribution is -2.40. The molecule has 1 aromatic rings. The maximum Gasteiger partial charge on any atom is 0.321 e. The van der Waals surface area contributed by atoms with Crippen molar-refractivity contribution < 1.29 is 18.3 Å². The molecule has 5 nitrogen and oxygen atoms in total. The van der Waals surface area contributed by atoms with Crippen molar-refractivity contribution in [1.29, 1.82) is 0 Å². The van der Waals surface area contributed by atoms with E-state index in [9.17, 15) is 13.2 Å². The van der Waals surface area contributed by atoms with Crippen LogP contribution in [0.2, 0.25) is 0 Å². The average molecular weight is 285 g/mol. The lowest BCUT2D eigenvalue weighted by Gasteiger charge is -2.23. The number of carboxylic acid groups (broad SMARTS) is 1. The summed E-state index contributed by atoms with van der Waals surface area (Å²) < 4.78 is 25.9. The zero-order valence-electron chi connectivity index (χ0n) is 11.8. The van der Waals surface area contributed by atoms with Crippen LogP contribution in [0, 0.1) is 20.8 Å². The highest BCUT2D eigenvalue weighted by Gasteiger charge is 2.31. The number of aliphatic carboxylic acids is 1. The van der Waals surface area contributed by atoms with Gasteiger partial charge in [0.2, 0.25) is 10.0 Å². The molecule has 1 unspecified atom stereocenters. The van der Waals surface area contributed by atoms with Gasteiger partial charge in [-0.2, -0.15) is 4.31 Å². The summed E-state index contributed by atoms with van der Waals surface area (Å²) in [6, 6.07) is 2.45. The number of aryl methyl sites for hydroxylation is 3. The number of carbonyl (C=O) groups is 1. The zero-order chi connectivity index (χ0) is 15.0. The second-order valence-electron chi connectivity index (χ2n) is 4.76. The van der Waals surface area contributed by atoms with Crippen molar-refractivity contribution in [2.75, 3.05) is 7.05 Å². The molecule has 1 N–H and O–H groups in total. The molecule has 0 bridgehead atoms. The minimum absolute atomic E-state index is 0.189. The lowest BCUT2D eigenvalue weighted by molar-refractivity contribution is -0.140. The fourth-order valence-corrected chi connectivity index (χ4v) is 3.81. The monoisotopic (exact) mass is 285 g/mol. The van der Waals surface area contributed by atoms with Crippen LogP contribution in [0.1, 0.15) is 23.6 Å². The molecule has 0 heterocycles. The van der Waals surface area contributed by atoms with Crippen molar-refractivity contribution in [2.45, 2.75) is 38.6 Å². The number of sulfonamides is 1. The molecule has 0 aliphatic heterocycles. The van der Waals surface area contributed by atoms with E-state index >= 15 is 0 Å². The van der Waals surface area contributed by atoms with Crippen molar-refractivity contribution in [3.63, 3.8) is 0 Å². The van der Waals surface area contributed by atoms with Crippen LogP contribution in [0.15, 0.2) is 17.0 Å². The zero-order valence-corrected chi connectivity index (χ0v) is 12.6. The Hall–Kier alpha value is -1.40. The van der Waals surface area contributed by atoms with Crippen LogP contribution in [0.25, 0.3) is 0 Å². The fraction of sp³-hybridized carbons (Fsp3) is 0.462. The fourth-order valence-electron chi connectivity index (χ4n) is 2.08. The Labute approximate surface area is 113 Å². The molecule has 0 aliphatic rings. The summed E-state index contributed by atoms with van der Waals surface area (Å²) in [5.41, 5.74) is 2.23. The van der Waals surface area contributed by atoms with Gasteiger partial charge in [-0.15, -0.1) is 0 Å². The molecule has 19 heavy (non-hydrogen) atoms. The summed E-state index contributed by atoms with van der Waals surface area (Å²) in [5.74, 6) is -1.17. The minimum Gasteiger partial charge on any atom is -0.480 e. The number of nitrogens with zero attached hydrogens (tertiary/aromatic N) is 1. The van der Waals surface area contributed by atoms with E-state index in [4.69, 9.17) is 5.11 Å². The quantitative estimate of drug-likeness (QED) is 0.913. The minimum atomic E-state index is -3.81. The highest BCUT2D eigenvalue weighted by molar-refractivity contribution is 7.89. The summed E-state index contributed by atoms with van der Waals surface area (Å²) >= 11 is 0. The van der Waals surface area contributed by atoms with Gasteiger partial charge in [0.05, 0.1) is 4.90 Å². The molecule has 0 saturated carbocycles. The molecule has 0 saturated heterocycles. The predicted molar refractivity (Wildman–Crippen MR) is 72.7 cm³/mol. The van der Waals surface area contributed by atoms with Crippen molar-refractivity contribution in [1.82, 2.24) is 4.31 Å². The van der Waals surface area contributed by atoms with E-state index in [0.29, 0.717) is 11.1 Å². The van der Waals surface area contributed by atoms with Crippen LogP contribution in [0.4, 0.5) is 0 Å². The highest BCUT2D eigenvalue weighted by Crippen LogP contribution is 2.25. The molecule has 1 atom stereocenters. The van der Waals surface area contributed by atoms with Gasteiger partial charge in [0.15, 0.2) is 0 Å². The van der Waals surface area contributed by atoms with Crippen molar-refractivity contribution in [2.24, 2.45) is 0 Å². The molecule has 0 spiro atoms. The Morgan fingerprint density at radius 2 is 1.63 bits per heavy atom.